The van der Waals surface area contributed by atoms with Gasteiger partial charge in [0.2, 0.25) is 0 Å². The number of carboxylic acids is 1. The van der Waals surface area contributed by atoms with Crippen LogP contribution >= 0.6 is 0 Å². The number of nitrogens with one attached hydrogen (secondary N) is 1. The minimum atomic E-state index is -1.07. The second-order valence-corrected chi connectivity index (χ2v) is 8.83. The molecule has 2 aliphatic carbocycles. The van der Waals surface area contributed by atoms with E-state index in [0.29, 0.717) is 6.54 Å². The zero-order chi connectivity index (χ0) is 18.0. The standard InChI is InChI=1S/C19H27NO5/c1-17(2,16(22)23)20-10-12-13-7-6-11-5-4-8-18(3)15(25-18)19(13,9-11)24-14(12)21/h5,12-13,15,20H,4,6-10H2,1-3H3,(H,22,23)/b11-5-/t12-,13-,15+,18+,19+/m0/s1. The Morgan fingerprint density at radius 2 is 2.24 bits per heavy atom. The third-order valence-electron chi connectivity index (χ3n) is 6.69. The number of aliphatic carboxylic acids is 1. The Morgan fingerprint density at radius 3 is 2.96 bits per heavy atom. The van der Waals surface area contributed by atoms with Gasteiger partial charge in [0.25, 0.3) is 0 Å². The number of ether oxygens (including phenoxy) is 2. The van der Waals surface area contributed by atoms with Crippen LogP contribution in [0.5, 0.6) is 0 Å². The van der Waals surface area contributed by atoms with Crippen LogP contribution in [0.3, 0.4) is 0 Å². The summed E-state index contributed by atoms with van der Waals surface area (Å²) in [7, 11) is 0. The summed E-state index contributed by atoms with van der Waals surface area (Å²) in [4.78, 5) is 24.0. The molecule has 0 aromatic rings. The monoisotopic (exact) mass is 349 g/mol. The first-order chi connectivity index (χ1) is 11.7. The SMILES string of the molecule is CC(C)(NC[C@@H]1C(=O)O[C@@]23C/C(=C\CC[C@@]4(C)O[C@@H]24)CC[C@@H]13)C(=O)O. The van der Waals surface area contributed by atoms with E-state index in [-0.39, 0.29) is 29.5 Å². The number of esters is 1. The summed E-state index contributed by atoms with van der Waals surface area (Å²) in [6.45, 7) is 5.67. The second kappa shape index (κ2) is 5.30. The lowest BCUT2D eigenvalue weighted by atomic mass is 9.65. The van der Waals surface area contributed by atoms with Crippen LogP contribution in [0.25, 0.3) is 0 Å². The van der Waals surface area contributed by atoms with Gasteiger partial charge in [0.05, 0.1) is 11.5 Å². The van der Waals surface area contributed by atoms with E-state index in [1.165, 1.54) is 5.57 Å². The molecule has 0 aromatic heterocycles. The van der Waals surface area contributed by atoms with E-state index < -0.39 is 17.1 Å². The molecule has 25 heavy (non-hydrogen) atoms. The predicted octanol–water partition coefficient (Wildman–Crippen LogP) is 2.03. The van der Waals surface area contributed by atoms with Gasteiger partial charge in [-0.3, -0.25) is 9.59 Å². The molecule has 6 nitrogen and oxygen atoms in total. The molecule has 2 bridgehead atoms. The van der Waals surface area contributed by atoms with E-state index in [1.54, 1.807) is 13.8 Å². The quantitative estimate of drug-likeness (QED) is 0.459. The van der Waals surface area contributed by atoms with Crippen LogP contribution < -0.4 is 5.32 Å². The average molecular weight is 349 g/mol. The number of carboxylic acid groups (broad SMARTS) is 1. The number of allylic oxidation sites excluding steroid dienone is 1. The molecular weight excluding hydrogens is 322 g/mol. The van der Waals surface area contributed by atoms with Crippen molar-refractivity contribution in [3.05, 3.63) is 11.6 Å². The Bertz CT molecular complexity index is 656. The number of rotatable bonds is 4. The van der Waals surface area contributed by atoms with Gasteiger partial charge in [-0.15, -0.1) is 0 Å². The van der Waals surface area contributed by atoms with Gasteiger partial charge in [-0.2, -0.15) is 0 Å². The molecule has 0 amide bonds. The van der Waals surface area contributed by atoms with E-state index in [0.717, 1.165) is 32.1 Å². The van der Waals surface area contributed by atoms with Gasteiger partial charge in [0.15, 0.2) is 0 Å². The van der Waals surface area contributed by atoms with Gasteiger partial charge < -0.3 is 19.9 Å². The minimum Gasteiger partial charge on any atom is -0.480 e. The van der Waals surface area contributed by atoms with Crippen LogP contribution in [-0.4, -0.2) is 46.4 Å². The lowest BCUT2D eigenvalue weighted by Crippen LogP contribution is -2.52. The normalized spacial score (nSPS) is 44.5. The van der Waals surface area contributed by atoms with Crippen LogP contribution in [0.4, 0.5) is 0 Å². The molecule has 4 aliphatic rings. The fraction of sp³-hybridized carbons (Fsp3) is 0.789. The highest BCUT2D eigenvalue weighted by Gasteiger charge is 2.72. The fourth-order valence-electron chi connectivity index (χ4n) is 5.03. The van der Waals surface area contributed by atoms with Crippen molar-refractivity contribution < 1.29 is 24.2 Å². The molecular formula is C19H27NO5. The summed E-state index contributed by atoms with van der Waals surface area (Å²) in [6, 6.07) is 0. The van der Waals surface area contributed by atoms with Gasteiger partial charge in [0.1, 0.15) is 17.2 Å². The van der Waals surface area contributed by atoms with E-state index in [1.807, 2.05) is 0 Å². The van der Waals surface area contributed by atoms with Crippen LogP contribution in [0.2, 0.25) is 0 Å². The molecule has 1 saturated carbocycles. The highest BCUT2D eigenvalue weighted by Crippen LogP contribution is 2.60. The Labute approximate surface area is 147 Å². The van der Waals surface area contributed by atoms with E-state index in [2.05, 4.69) is 18.3 Å². The molecule has 0 unspecified atom stereocenters. The molecule has 2 aliphatic heterocycles. The summed E-state index contributed by atoms with van der Waals surface area (Å²) in [5.74, 6) is -1.36. The maximum Gasteiger partial charge on any atom is 0.323 e. The van der Waals surface area contributed by atoms with Crippen molar-refractivity contribution in [2.75, 3.05) is 6.54 Å². The van der Waals surface area contributed by atoms with Crippen LogP contribution in [-0.2, 0) is 19.1 Å². The zero-order valence-corrected chi connectivity index (χ0v) is 15.1. The number of carbonyl (C=O) groups is 2. The number of hydrogen-bond acceptors (Lipinski definition) is 5. The van der Waals surface area contributed by atoms with Crippen molar-refractivity contribution in [3.8, 4) is 0 Å². The number of carbonyl (C=O) groups excluding carboxylic acids is 1. The molecule has 1 spiro atoms. The lowest BCUT2D eigenvalue weighted by Gasteiger charge is -2.40. The molecule has 3 fully saturated rings. The third-order valence-corrected chi connectivity index (χ3v) is 6.69. The third kappa shape index (κ3) is 2.53. The Balaban J connectivity index is 1.59. The highest BCUT2D eigenvalue weighted by molar-refractivity contribution is 5.79. The first-order valence-corrected chi connectivity index (χ1v) is 9.25. The maximum atomic E-state index is 12.7. The molecule has 0 radical (unpaired) electrons. The molecule has 4 rings (SSSR count). The maximum absolute atomic E-state index is 12.7. The molecule has 5 atom stereocenters. The number of fused-ring (bicyclic) bond motifs is 2. The van der Waals surface area contributed by atoms with Gasteiger partial charge in [-0.1, -0.05) is 11.6 Å². The van der Waals surface area contributed by atoms with Crippen molar-refractivity contribution >= 4 is 11.9 Å². The molecule has 138 valence electrons. The predicted molar refractivity (Wildman–Crippen MR) is 90.0 cm³/mol. The van der Waals surface area contributed by atoms with E-state index in [9.17, 15) is 14.7 Å². The molecule has 2 saturated heterocycles. The molecule has 0 aromatic carbocycles. The van der Waals surface area contributed by atoms with Gasteiger partial charge >= 0.3 is 11.9 Å². The van der Waals surface area contributed by atoms with Crippen molar-refractivity contribution in [1.29, 1.82) is 0 Å². The molecule has 2 heterocycles. The first kappa shape index (κ1) is 17.0. The largest absolute Gasteiger partial charge is 0.480 e. The topological polar surface area (TPSA) is 88.2 Å². The Morgan fingerprint density at radius 1 is 1.48 bits per heavy atom. The Hall–Kier alpha value is -1.40. The lowest BCUT2D eigenvalue weighted by molar-refractivity contribution is -0.154. The minimum absolute atomic E-state index is 0.0320. The zero-order valence-electron chi connectivity index (χ0n) is 15.1. The summed E-state index contributed by atoms with van der Waals surface area (Å²) in [5.41, 5.74) is -0.446. The van der Waals surface area contributed by atoms with Crippen molar-refractivity contribution in [1.82, 2.24) is 5.32 Å². The van der Waals surface area contributed by atoms with Crippen molar-refractivity contribution in [2.45, 2.75) is 75.7 Å². The van der Waals surface area contributed by atoms with Gasteiger partial charge in [0, 0.05) is 18.9 Å². The summed E-state index contributed by atoms with van der Waals surface area (Å²) < 4.78 is 12.1. The van der Waals surface area contributed by atoms with Crippen LogP contribution in [0.15, 0.2) is 11.6 Å². The Kier molecular flexibility index (Phi) is 3.61. The fourth-order valence-corrected chi connectivity index (χ4v) is 5.03. The van der Waals surface area contributed by atoms with E-state index >= 15 is 0 Å². The molecule has 6 heteroatoms. The summed E-state index contributed by atoms with van der Waals surface area (Å²) >= 11 is 0. The first-order valence-electron chi connectivity index (χ1n) is 9.25. The molecule has 2 N–H and O–H groups in total. The van der Waals surface area contributed by atoms with Crippen LogP contribution in [0.1, 0.15) is 52.9 Å². The van der Waals surface area contributed by atoms with Crippen LogP contribution in [0, 0.1) is 11.8 Å². The van der Waals surface area contributed by atoms with Gasteiger partial charge in [-0.25, -0.2) is 0 Å². The second-order valence-electron chi connectivity index (χ2n) is 8.83. The summed E-state index contributed by atoms with van der Waals surface area (Å²) in [5, 5.41) is 12.3. The number of hydrogen-bond donors (Lipinski definition) is 2. The van der Waals surface area contributed by atoms with Gasteiger partial charge in [-0.05, 0) is 46.5 Å². The van der Waals surface area contributed by atoms with Crippen molar-refractivity contribution in [2.24, 2.45) is 11.8 Å². The van der Waals surface area contributed by atoms with Crippen molar-refractivity contribution in [3.63, 3.8) is 0 Å². The average Bonchev–Trinajstić information content (AvgIpc) is 3.10. The number of epoxide rings is 1. The summed E-state index contributed by atoms with van der Waals surface area (Å²) in [6.07, 6.45) is 6.90. The van der Waals surface area contributed by atoms with E-state index in [4.69, 9.17) is 9.47 Å². The highest BCUT2D eigenvalue weighted by atomic mass is 16.7. The smallest absolute Gasteiger partial charge is 0.323 e.